The van der Waals surface area contributed by atoms with E-state index in [1.54, 1.807) is 16.2 Å². The Morgan fingerprint density at radius 3 is 2.65 bits per heavy atom. The molecule has 138 valence electrons. The maximum atomic E-state index is 12.9. The predicted molar refractivity (Wildman–Crippen MR) is 109 cm³/mol. The van der Waals surface area contributed by atoms with E-state index in [1.807, 2.05) is 60.7 Å². The molecule has 0 spiro atoms. The Labute approximate surface area is 164 Å². The highest BCUT2D eigenvalue weighted by Crippen LogP contribution is 2.27. The molecule has 3 rings (SSSR count). The molecule has 2 aromatic heterocycles. The Balaban J connectivity index is 0.00000243. The van der Waals surface area contributed by atoms with E-state index in [9.17, 15) is 4.79 Å². The first kappa shape index (κ1) is 20.2. The summed E-state index contributed by atoms with van der Waals surface area (Å²) in [5.74, 6) is -0.00189. The summed E-state index contributed by atoms with van der Waals surface area (Å²) < 4.78 is 1.85. The van der Waals surface area contributed by atoms with E-state index in [4.69, 9.17) is 5.10 Å². The summed E-state index contributed by atoms with van der Waals surface area (Å²) in [4.78, 5) is 15.6. The molecule has 0 saturated carbocycles. The molecule has 7 heteroatoms. The van der Waals surface area contributed by atoms with Crippen LogP contribution in [-0.2, 0) is 6.54 Å². The van der Waals surface area contributed by atoms with Crippen LogP contribution in [0.5, 0.6) is 0 Å². The van der Waals surface area contributed by atoms with Crippen molar-refractivity contribution in [3.05, 3.63) is 65.2 Å². The van der Waals surface area contributed by atoms with Gasteiger partial charge in [-0.15, -0.1) is 23.7 Å². The first-order valence-electron chi connectivity index (χ1n) is 8.24. The van der Waals surface area contributed by atoms with Crippen molar-refractivity contribution in [2.45, 2.75) is 6.54 Å². The number of thiophene rings is 1. The van der Waals surface area contributed by atoms with Gasteiger partial charge >= 0.3 is 0 Å². The number of nitrogens with zero attached hydrogens (tertiary/aromatic N) is 3. The standard InChI is InChI=1S/C19H22N4OS.ClH/c1-20-10-11-22(2)19(24)16-14-23(13-15-7-4-3-5-8-15)21-18(16)17-9-6-12-25-17;/h3-9,12,14,20H,10-11,13H2,1-2H3;1H. The van der Waals surface area contributed by atoms with Crippen LogP contribution in [0.15, 0.2) is 54.0 Å². The first-order valence-corrected chi connectivity index (χ1v) is 9.12. The summed E-state index contributed by atoms with van der Waals surface area (Å²) in [6.07, 6.45) is 1.86. The SMILES string of the molecule is CNCCN(C)C(=O)c1cn(Cc2ccccc2)nc1-c1cccs1.Cl. The van der Waals surface area contributed by atoms with Crippen molar-refractivity contribution in [3.63, 3.8) is 0 Å². The largest absolute Gasteiger partial charge is 0.340 e. The van der Waals surface area contributed by atoms with Gasteiger partial charge in [-0.25, -0.2) is 0 Å². The molecule has 0 radical (unpaired) electrons. The molecule has 0 bridgehead atoms. The lowest BCUT2D eigenvalue weighted by molar-refractivity contribution is 0.0797. The zero-order valence-electron chi connectivity index (χ0n) is 14.9. The highest BCUT2D eigenvalue weighted by atomic mass is 35.5. The second kappa shape index (κ2) is 9.52. The molecule has 1 amide bonds. The van der Waals surface area contributed by atoms with Crippen LogP contribution >= 0.6 is 23.7 Å². The normalized spacial score (nSPS) is 10.4. The van der Waals surface area contributed by atoms with Gasteiger partial charge in [-0.3, -0.25) is 9.48 Å². The number of carbonyl (C=O) groups excluding carboxylic acids is 1. The van der Waals surface area contributed by atoms with Gasteiger partial charge in [0.05, 0.1) is 17.0 Å². The summed E-state index contributed by atoms with van der Waals surface area (Å²) in [5.41, 5.74) is 2.56. The highest BCUT2D eigenvalue weighted by molar-refractivity contribution is 7.13. The van der Waals surface area contributed by atoms with Gasteiger partial charge in [0.2, 0.25) is 0 Å². The molecule has 0 fully saturated rings. The topological polar surface area (TPSA) is 50.2 Å². The molecule has 2 heterocycles. The third-order valence-electron chi connectivity index (χ3n) is 3.98. The Hall–Kier alpha value is -2.15. The van der Waals surface area contributed by atoms with Crippen molar-refractivity contribution < 1.29 is 4.79 Å². The van der Waals surface area contributed by atoms with Crippen LogP contribution in [0.25, 0.3) is 10.6 Å². The van der Waals surface area contributed by atoms with E-state index in [0.29, 0.717) is 18.7 Å². The average molecular weight is 391 g/mol. The number of halogens is 1. The summed E-state index contributed by atoms with van der Waals surface area (Å²) in [6, 6.07) is 14.1. The van der Waals surface area contributed by atoms with E-state index in [-0.39, 0.29) is 18.3 Å². The van der Waals surface area contributed by atoms with Crippen LogP contribution < -0.4 is 5.32 Å². The summed E-state index contributed by atoms with van der Waals surface area (Å²) in [6.45, 7) is 2.06. The zero-order chi connectivity index (χ0) is 17.6. The van der Waals surface area contributed by atoms with Crippen LogP contribution in [-0.4, -0.2) is 47.8 Å². The van der Waals surface area contributed by atoms with Crippen LogP contribution in [0.1, 0.15) is 15.9 Å². The highest BCUT2D eigenvalue weighted by Gasteiger charge is 2.21. The molecule has 1 aromatic carbocycles. The van der Waals surface area contributed by atoms with Gasteiger partial charge in [-0.2, -0.15) is 5.10 Å². The number of rotatable bonds is 7. The van der Waals surface area contributed by atoms with Crippen LogP contribution in [0.4, 0.5) is 0 Å². The van der Waals surface area contributed by atoms with Gasteiger partial charge in [0.25, 0.3) is 5.91 Å². The van der Waals surface area contributed by atoms with E-state index in [2.05, 4.69) is 17.4 Å². The molecule has 1 N–H and O–H groups in total. The molecule has 0 aliphatic carbocycles. The number of likely N-dealkylation sites (N-methyl/N-ethyl adjacent to an activating group) is 2. The Bertz CT molecular complexity index is 817. The number of hydrogen-bond donors (Lipinski definition) is 1. The third kappa shape index (κ3) is 4.72. The molecule has 0 saturated heterocycles. The monoisotopic (exact) mass is 390 g/mol. The molecule has 26 heavy (non-hydrogen) atoms. The maximum absolute atomic E-state index is 12.9. The fourth-order valence-corrected chi connectivity index (χ4v) is 3.33. The number of nitrogens with one attached hydrogen (secondary N) is 1. The van der Waals surface area contributed by atoms with Crippen LogP contribution in [0.3, 0.4) is 0 Å². The second-order valence-corrected chi connectivity index (χ2v) is 6.83. The molecule has 5 nitrogen and oxygen atoms in total. The van der Waals surface area contributed by atoms with E-state index < -0.39 is 0 Å². The summed E-state index contributed by atoms with van der Waals surface area (Å²) in [5, 5.41) is 9.77. The Morgan fingerprint density at radius 2 is 2.00 bits per heavy atom. The van der Waals surface area contributed by atoms with Crippen molar-refractivity contribution in [2.24, 2.45) is 0 Å². The number of hydrogen-bond acceptors (Lipinski definition) is 4. The smallest absolute Gasteiger partial charge is 0.257 e. The van der Waals surface area contributed by atoms with Crippen molar-refractivity contribution in [1.29, 1.82) is 0 Å². The van der Waals surface area contributed by atoms with Crippen molar-refractivity contribution in [2.75, 3.05) is 27.2 Å². The van der Waals surface area contributed by atoms with Crippen LogP contribution in [0, 0.1) is 0 Å². The predicted octanol–water partition coefficient (Wildman–Crippen LogP) is 3.37. The van der Waals surface area contributed by atoms with Gasteiger partial charge in [-0.1, -0.05) is 36.4 Å². The molecule has 0 aliphatic rings. The lowest BCUT2D eigenvalue weighted by atomic mass is 10.2. The summed E-state index contributed by atoms with van der Waals surface area (Å²) >= 11 is 1.60. The van der Waals surface area contributed by atoms with E-state index >= 15 is 0 Å². The second-order valence-electron chi connectivity index (χ2n) is 5.88. The number of carbonyl (C=O) groups is 1. The fourth-order valence-electron chi connectivity index (χ4n) is 2.61. The third-order valence-corrected chi connectivity index (χ3v) is 4.85. The minimum Gasteiger partial charge on any atom is -0.340 e. The number of benzene rings is 1. The Kier molecular flexibility index (Phi) is 7.38. The van der Waals surface area contributed by atoms with Gasteiger partial charge in [0.1, 0.15) is 5.69 Å². The maximum Gasteiger partial charge on any atom is 0.257 e. The fraction of sp³-hybridized carbons (Fsp3) is 0.263. The quantitative estimate of drug-likeness (QED) is 0.672. The minimum absolute atomic E-state index is 0. The molecular weight excluding hydrogens is 368 g/mol. The molecular formula is C19H23ClN4OS. The van der Waals surface area contributed by atoms with Crippen molar-refractivity contribution >= 4 is 29.7 Å². The molecule has 0 unspecified atom stereocenters. The van der Waals surface area contributed by atoms with E-state index in [1.165, 1.54) is 0 Å². The van der Waals surface area contributed by atoms with E-state index in [0.717, 1.165) is 22.7 Å². The van der Waals surface area contributed by atoms with Crippen molar-refractivity contribution in [3.8, 4) is 10.6 Å². The minimum atomic E-state index is -0.00189. The van der Waals surface area contributed by atoms with Gasteiger partial charge in [-0.05, 0) is 24.1 Å². The Morgan fingerprint density at radius 1 is 1.23 bits per heavy atom. The molecule has 3 aromatic rings. The van der Waals surface area contributed by atoms with Gasteiger partial charge in [0, 0.05) is 26.3 Å². The average Bonchev–Trinajstić information content (AvgIpc) is 3.29. The number of aromatic nitrogens is 2. The zero-order valence-corrected chi connectivity index (χ0v) is 16.5. The van der Waals surface area contributed by atoms with Gasteiger partial charge < -0.3 is 10.2 Å². The summed E-state index contributed by atoms with van der Waals surface area (Å²) in [7, 11) is 3.71. The van der Waals surface area contributed by atoms with Crippen LogP contribution in [0.2, 0.25) is 0 Å². The molecule has 0 atom stereocenters. The lowest BCUT2D eigenvalue weighted by Gasteiger charge is -2.16. The number of amides is 1. The molecule has 0 aliphatic heterocycles. The van der Waals surface area contributed by atoms with Gasteiger partial charge in [0.15, 0.2) is 0 Å². The van der Waals surface area contributed by atoms with Crippen molar-refractivity contribution in [1.82, 2.24) is 20.0 Å². The first-order chi connectivity index (χ1) is 12.2. The lowest BCUT2D eigenvalue weighted by Crippen LogP contribution is -2.32.